The molecule has 0 saturated carbocycles. The third-order valence-corrected chi connectivity index (χ3v) is 18.3. The minimum atomic E-state index is 0.564. The van der Waals surface area contributed by atoms with Gasteiger partial charge in [0, 0.05) is 54.2 Å². The number of rotatable bonds is 8. The molecule has 7 nitrogen and oxygen atoms in total. The van der Waals surface area contributed by atoms with Gasteiger partial charge in [0.25, 0.3) is 0 Å². The van der Waals surface area contributed by atoms with E-state index >= 15 is 0 Å². The van der Waals surface area contributed by atoms with Gasteiger partial charge in [-0.1, -0.05) is 218 Å². The molecule has 8 heteroatoms. The molecule has 0 fully saturated rings. The van der Waals surface area contributed by atoms with Crippen LogP contribution < -0.4 is 0 Å². The standard InChI is InChI=1S/C77H47N7S/c1-3-25-48(26-4-1)59-47-60(49-27-5-2-6-28-49)79-76(78-59)70-72(81-61-38-16-7-29-50(61)51-30-8-17-39-62(51)81)74(83-65-42-20-11-33-54(65)55-34-12-21-43-66(55)83)71(77-80-58-37-15-24-46-69(58)85-77)75(84-67-44-22-13-35-56(67)57-36-14-23-45-68(57)84)73(70)82-63-40-18-9-31-52(63)53-32-10-19-41-64(53)82/h1-47H. The lowest BCUT2D eigenvalue weighted by Crippen LogP contribution is -2.16. The molecule has 12 aromatic carbocycles. The quantitative estimate of drug-likeness (QED) is 0.152. The number of aromatic nitrogens is 7. The van der Waals surface area contributed by atoms with E-state index in [1.54, 1.807) is 11.3 Å². The smallest absolute Gasteiger partial charge is 0.164 e. The molecule has 0 N–H and O–H groups in total. The van der Waals surface area contributed by atoms with E-state index in [-0.39, 0.29) is 0 Å². The van der Waals surface area contributed by atoms with Crippen molar-refractivity contribution in [3.8, 4) is 67.2 Å². The van der Waals surface area contributed by atoms with Gasteiger partial charge in [0.05, 0.1) is 99.6 Å². The highest BCUT2D eigenvalue weighted by molar-refractivity contribution is 7.21. The van der Waals surface area contributed by atoms with E-state index in [9.17, 15) is 0 Å². The van der Waals surface area contributed by atoms with Crippen LogP contribution in [0.5, 0.6) is 0 Å². The normalized spacial score (nSPS) is 12.0. The first-order valence-corrected chi connectivity index (χ1v) is 29.6. The molecule has 0 aliphatic carbocycles. The first-order valence-electron chi connectivity index (χ1n) is 28.8. The Hall–Kier alpha value is -11.2. The number of hydrogen-bond acceptors (Lipinski definition) is 4. The van der Waals surface area contributed by atoms with Gasteiger partial charge >= 0.3 is 0 Å². The van der Waals surface area contributed by atoms with Crippen LogP contribution in [0.2, 0.25) is 0 Å². The van der Waals surface area contributed by atoms with E-state index in [2.05, 4.69) is 303 Å². The Kier molecular flexibility index (Phi) is 10.4. The molecule has 0 unspecified atom stereocenters. The third-order valence-electron chi connectivity index (χ3n) is 17.2. The Labute approximate surface area is 491 Å². The highest BCUT2D eigenvalue weighted by Crippen LogP contribution is 2.55. The van der Waals surface area contributed by atoms with Gasteiger partial charge in [-0.2, -0.15) is 0 Å². The molecule has 85 heavy (non-hydrogen) atoms. The Morgan fingerprint density at radius 1 is 0.247 bits per heavy atom. The van der Waals surface area contributed by atoms with E-state index in [0.717, 1.165) is 159 Å². The summed E-state index contributed by atoms with van der Waals surface area (Å²) in [5.74, 6) is 0.564. The molecule has 396 valence electrons. The average Bonchev–Trinajstić information content (AvgIpc) is 1.68. The Morgan fingerprint density at radius 3 is 0.835 bits per heavy atom. The summed E-state index contributed by atoms with van der Waals surface area (Å²) in [6, 6.07) is 103. The highest BCUT2D eigenvalue weighted by Gasteiger charge is 2.37. The lowest BCUT2D eigenvalue weighted by atomic mass is 9.96. The SMILES string of the molecule is c1ccc(-c2cc(-c3ccccc3)nc(-c3c(-n4c5ccccc5c5ccccc54)c(-n4c5ccccc5c5ccccc54)c(-c4nc5ccccc5s4)c(-n4c5ccccc5c5ccccc54)c3-n3c4ccccc4c4ccccc43)n2)cc1. The molecule has 0 bridgehead atoms. The minimum absolute atomic E-state index is 0.564. The van der Waals surface area contributed by atoms with Crippen molar-refractivity contribution in [1.29, 1.82) is 0 Å². The monoisotopic (exact) mass is 1100 g/mol. The molecule has 18 aromatic rings. The molecule has 0 saturated heterocycles. The van der Waals surface area contributed by atoms with Crippen molar-refractivity contribution >= 4 is 109 Å². The maximum atomic E-state index is 6.02. The first-order chi connectivity index (χ1) is 42.2. The number of nitrogens with zero attached hydrogens (tertiary/aromatic N) is 7. The molecule has 18 rings (SSSR count). The van der Waals surface area contributed by atoms with Gasteiger partial charge in [0.15, 0.2) is 5.82 Å². The lowest BCUT2D eigenvalue weighted by Gasteiger charge is -2.30. The van der Waals surface area contributed by atoms with Crippen LogP contribution in [0, 0.1) is 0 Å². The van der Waals surface area contributed by atoms with Crippen LogP contribution in [0.15, 0.2) is 285 Å². The summed E-state index contributed by atoms with van der Waals surface area (Å²) in [6.45, 7) is 0. The predicted molar refractivity (Wildman–Crippen MR) is 354 cm³/mol. The summed E-state index contributed by atoms with van der Waals surface area (Å²) in [6.07, 6.45) is 0. The largest absolute Gasteiger partial charge is 0.306 e. The van der Waals surface area contributed by atoms with Crippen LogP contribution in [-0.4, -0.2) is 33.2 Å². The van der Waals surface area contributed by atoms with E-state index < -0.39 is 0 Å². The molecule has 0 spiro atoms. The average molecular weight is 1100 g/mol. The fourth-order valence-electron chi connectivity index (χ4n) is 13.7. The Morgan fingerprint density at radius 2 is 0.518 bits per heavy atom. The van der Waals surface area contributed by atoms with Crippen LogP contribution in [0.25, 0.3) is 165 Å². The number of hydrogen-bond donors (Lipinski definition) is 0. The minimum Gasteiger partial charge on any atom is -0.306 e. The van der Waals surface area contributed by atoms with Gasteiger partial charge in [-0.05, 0) is 66.7 Å². The fraction of sp³-hybridized carbons (Fsp3) is 0. The van der Waals surface area contributed by atoms with E-state index in [1.165, 1.54) is 0 Å². The van der Waals surface area contributed by atoms with Crippen molar-refractivity contribution in [3.05, 3.63) is 285 Å². The summed E-state index contributed by atoms with van der Waals surface area (Å²) in [5.41, 5.74) is 18.4. The lowest BCUT2D eigenvalue weighted by molar-refractivity contribution is 1.03. The Bertz CT molecular complexity index is 5190. The van der Waals surface area contributed by atoms with E-state index in [0.29, 0.717) is 5.82 Å². The molecule has 0 aliphatic rings. The van der Waals surface area contributed by atoms with Gasteiger partial charge in [0.2, 0.25) is 0 Å². The van der Waals surface area contributed by atoms with Crippen LogP contribution in [0.1, 0.15) is 0 Å². The van der Waals surface area contributed by atoms with Crippen LogP contribution in [0.4, 0.5) is 0 Å². The zero-order chi connectivity index (χ0) is 55.7. The van der Waals surface area contributed by atoms with Gasteiger partial charge in [-0.15, -0.1) is 11.3 Å². The number of thiazole rings is 1. The summed E-state index contributed by atoms with van der Waals surface area (Å²) < 4.78 is 11.2. The van der Waals surface area contributed by atoms with Crippen molar-refractivity contribution in [3.63, 3.8) is 0 Å². The first kappa shape index (κ1) is 47.4. The van der Waals surface area contributed by atoms with Crippen molar-refractivity contribution in [2.24, 2.45) is 0 Å². The molecule has 6 heterocycles. The zero-order valence-corrected chi connectivity index (χ0v) is 46.5. The second kappa shape index (κ2) is 18.7. The van der Waals surface area contributed by atoms with Crippen molar-refractivity contribution in [2.45, 2.75) is 0 Å². The van der Waals surface area contributed by atoms with Gasteiger partial charge in [0.1, 0.15) is 5.01 Å². The van der Waals surface area contributed by atoms with E-state index in [1.807, 2.05) is 0 Å². The van der Waals surface area contributed by atoms with E-state index in [4.69, 9.17) is 15.0 Å². The number of fused-ring (bicyclic) bond motifs is 13. The molecular weight excluding hydrogens is 1050 g/mol. The number of para-hydroxylation sites is 9. The van der Waals surface area contributed by atoms with Crippen LogP contribution in [0.3, 0.4) is 0 Å². The molecule has 0 aliphatic heterocycles. The molecular formula is C77H47N7S. The van der Waals surface area contributed by atoms with Crippen molar-refractivity contribution in [2.75, 3.05) is 0 Å². The highest BCUT2D eigenvalue weighted by atomic mass is 32.1. The maximum Gasteiger partial charge on any atom is 0.164 e. The summed E-state index contributed by atoms with van der Waals surface area (Å²) in [7, 11) is 0. The van der Waals surface area contributed by atoms with Crippen LogP contribution in [-0.2, 0) is 0 Å². The summed E-state index contributed by atoms with van der Waals surface area (Å²) in [5, 5.41) is 9.96. The molecule has 0 atom stereocenters. The number of benzene rings is 12. The third kappa shape index (κ3) is 7.03. The van der Waals surface area contributed by atoms with Crippen molar-refractivity contribution < 1.29 is 0 Å². The molecule has 6 aromatic heterocycles. The second-order valence-corrected chi connectivity index (χ2v) is 22.8. The molecule has 0 amide bonds. The Balaban J connectivity index is 1.23. The summed E-state index contributed by atoms with van der Waals surface area (Å²) >= 11 is 1.73. The second-order valence-electron chi connectivity index (χ2n) is 21.8. The zero-order valence-electron chi connectivity index (χ0n) is 45.7. The van der Waals surface area contributed by atoms with Gasteiger partial charge < -0.3 is 18.3 Å². The van der Waals surface area contributed by atoms with Crippen LogP contribution >= 0.6 is 11.3 Å². The van der Waals surface area contributed by atoms with Crippen molar-refractivity contribution in [1.82, 2.24) is 33.2 Å². The maximum absolute atomic E-state index is 6.02. The van der Waals surface area contributed by atoms with Gasteiger partial charge in [-0.3, -0.25) is 0 Å². The summed E-state index contributed by atoms with van der Waals surface area (Å²) in [4.78, 5) is 17.9. The topological polar surface area (TPSA) is 58.4 Å². The fourth-order valence-corrected chi connectivity index (χ4v) is 14.7. The predicted octanol–water partition coefficient (Wildman–Crippen LogP) is 20.1. The molecule has 0 radical (unpaired) electrons. The van der Waals surface area contributed by atoms with Gasteiger partial charge in [-0.25, -0.2) is 15.0 Å².